The van der Waals surface area contributed by atoms with Crippen molar-refractivity contribution in [2.75, 3.05) is 13.3 Å². The number of aliphatic imine (C=N–C) groups is 1. The molecule has 0 bridgehead atoms. The molecule has 2 rings (SSSR count). The van der Waals surface area contributed by atoms with E-state index in [-0.39, 0.29) is 24.0 Å². The standard InChI is InChI=1S/C16H21N3O2S2.HI/c1-12-9-13(6-7-15(12)23(3,20)21)10-18-16(17-2)19-11-14-5-4-8-22-14;/h4-9H,10-11H2,1-3H3,(H2,17,18,19);1H. The first-order valence-corrected chi connectivity index (χ1v) is 9.94. The lowest BCUT2D eigenvalue weighted by molar-refractivity contribution is 0.601. The van der Waals surface area contributed by atoms with E-state index in [2.05, 4.69) is 21.7 Å². The number of sulfone groups is 1. The Morgan fingerprint density at radius 2 is 1.92 bits per heavy atom. The average Bonchev–Trinajstić information content (AvgIpc) is 2.99. The minimum absolute atomic E-state index is 0. The normalized spacial score (nSPS) is 11.7. The van der Waals surface area contributed by atoms with Gasteiger partial charge in [-0.15, -0.1) is 35.3 Å². The molecule has 0 aliphatic heterocycles. The fourth-order valence-electron chi connectivity index (χ4n) is 2.23. The average molecular weight is 479 g/mol. The molecule has 0 unspecified atom stereocenters. The number of nitrogens with one attached hydrogen (secondary N) is 2. The molecule has 8 heteroatoms. The van der Waals surface area contributed by atoms with Gasteiger partial charge in [0.05, 0.1) is 11.4 Å². The van der Waals surface area contributed by atoms with Gasteiger partial charge in [-0.25, -0.2) is 8.42 Å². The first kappa shape index (κ1) is 20.9. The molecule has 0 aliphatic rings. The van der Waals surface area contributed by atoms with Crippen LogP contribution in [0.15, 0.2) is 45.6 Å². The molecule has 0 amide bonds. The summed E-state index contributed by atoms with van der Waals surface area (Å²) >= 11 is 1.69. The Labute approximate surface area is 164 Å². The molecule has 1 aromatic heterocycles. The van der Waals surface area contributed by atoms with Gasteiger partial charge in [-0.05, 0) is 35.6 Å². The van der Waals surface area contributed by atoms with Gasteiger partial charge in [0, 0.05) is 24.7 Å². The van der Waals surface area contributed by atoms with Crippen LogP contribution in [0.25, 0.3) is 0 Å². The SMILES string of the molecule is CN=C(NCc1ccc(S(C)(=O)=O)c(C)c1)NCc1cccs1.I. The summed E-state index contributed by atoms with van der Waals surface area (Å²) in [4.78, 5) is 5.80. The third kappa shape index (κ3) is 6.06. The van der Waals surface area contributed by atoms with Crippen LogP contribution in [0.2, 0.25) is 0 Å². The molecule has 0 saturated heterocycles. The van der Waals surface area contributed by atoms with Crippen molar-refractivity contribution in [2.45, 2.75) is 24.9 Å². The zero-order chi connectivity index (χ0) is 16.9. The topological polar surface area (TPSA) is 70.6 Å². The van der Waals surface area contributed by atoms with Crippen LogP contribution in [0.3, 0.4) is 0 Å². The number of aryl methyl sites for hydroxylation is 1. The highest BCUT2D eigenvalue weighted by Crippen LogP contribution is 2.16. The molecular weight excluding hydrogens is 457 g/mol. The highest BCUT2D eigenvalue weighted by atomic mass is 127. The Hall–Kier alpha value is -1.13. The Balaban J connectivity index is 0.00000288. The number of guanidine groups is 1. The van der Waals surface area contributed by atoms with Crippen molar-refractivity contribution in [1.29, 1.82) is 0 Å². The maximum atomic E-state index is 11.6. The van der Waals surface area contributed by atoms with E-state index in [1.807, 2.05) is 30.5 Å². The first-order valence-electron chi connectivity index (χ1n) is 7.16. The van der Waals surface area contributed by atoms with E-state index in [9.17, 15) is 8.42 Å². The zero-order valence-electron chi connectivity index (χ0n) is 13.9. The molecule has 2 N–H and O–H groups in total. The van der Waals surface area contributed by atoms with Crippen molar-refractivity contribution in [1.82, 2.24) is 10.6 Å². The zero-order valence-corrected chi connectivity index (χ0v) is 17.8. The third-order valence-corrected chi connectivity index (χ3v) is 5.47. The molecule has 0 fully saturated rings. The maximum absolute atomic E-state index is 11.6. The summed E-state index contributed by atoms with van der Waals surface area (Å²) in [5, 5.41) is 8.51. The van der Waals surface area contributed by atoms with Crippen LogP contribution in [-0.2, 0) is 22.9 Å². The van der Waals surface area contributed by atoms with Gasteiger partial charge in [-0.3, -0.25) is 4.99 Å². The lowest BCUT2D eigenvalue weighted by atomic mass is 10.1. The number of halogens is 1. The van der Waals surface area contributed by atoms with Gasteiger partial charge < -0.3 is 10.6 Å². The molecule has 5 nitrogen and oxygen atoms in total. The van der Waals surface area contributed by atoms with Gasteiger partial charge in [-0.2, -0.15) is 0 Å². The van der Waals surface area contributed by atoms with E-state index in [0.717, 1.165) is 17.7 Å². The first-order chi connectivity index (χ1) is 10.9. The number of rotatable bonds is 5. The van der Waals surface area contributed by atoms with Crippen molar-refractivity contribution < 1.29 is 8.42 Å². The van der Waals surface area contributed by atoms with Gasteiger partial charge in [0.25, 0.3) is 0 Å². The fourth-order valence-corrected chi connectivity index (χ4v) is 3.83. The summed E-state index contributed by atoms with van der Waals surface area (Å²) in [6.07, 6.45) is 1.23. The maximum Gasteiger partial charge on any atom is 0.191 e. The van der Waals surface area contributed by atoms with Crippen molar-refractivity contribution in [3.05, 3.63) is 51.7 Å². The molecule has 1 heterocycles. The highest BCUT2D eigenvalue weighted by molar-refractivity contribution is 14.0. The van der Waals surface area contributed by atoms with Crippen LogP contribution in [0, 0.1) is 6.92 Å². The van der Waals surface area contributed by atoms with E-state index in [4.69, 9.17) is 0 Å². The summed E-state index contributed by atoms with van der Waals surface area (Å²) in [7, 11) is -1.45. The minimum Gasteiger partial charge on any atom is -0.352 e. The second-order valence-corrected chi connectivity index (χ2v) is 8.25. The van der Waals surface area contributed by atoms with Crippen molar-refractivity contribution in [3.8, 4) is 0 Å². The summed E-state index contributed by atoms with van der Waals surface area (Å²) in [6.45, 7) is 3.11. The van der Waals surface area contributed by atoms with Crippen LogP contribution < -0.4 is 10.6 Å². The Morgan fingerprint density at radius 3 is 2.46 bits per heavy atom. The monoisotopic (exact) mass is 479 g/mol. The van der Waals surface area contributed by atoms with E-state index in [1.165, 1.54) is 11.1 Å². The molecule has 24 heavy (non-hydrogen) atoms. The molecular formula is C16H22IN3O2S2. The summed E-state index contributed by atoms with van der Waals surface area (Å²) in [5.74, 6) is 0.711. The van der Waals surface area contributed by atoms with Crippen LogP contribution in [-0.4, -0.2) is 27.7 Å². The second-order valence-electron chi connectivity index (χ2n) is 5.23. The van der Waals surface area contributed by atoms with Crippen LogP contribution in [0.4, 0.5) is 0 Å². The number of nitrogens with zero attached hydrogens (tertiary/aromatic N) is 1. The molecule has 0 saturated carbocycles. The van der Waals surface area contributed by atoms with Crippen LogP contribution in [0.5, 0.6) is 0 Å². The Morgan fingerprint density at radius 1 is 1.21 bits per heavy atom. The fraction of sp³-hybridized carbons (Fsp3) is 0.312. The molecule has 0 atom stereocenters. The van der Waals surface area contributed by atoms with E-state index in [0.29, 0.717) is 17.4 Å². The van der Waals surface area contributed by atoms with E-state index in [1.54, 1.807) is 24.5 Å². The molecule has 0 spiro atoms. The third-order valence-electron chi connectivity index (χ3n) is 3.33. The molecule has 1 aromatic carbocycles. The van der Waals surface area contributed by atoms with Gasteiger partial charge in [0.1, 0.15) is 0 Å². The lowest BCUT2D eigenvalue weighted by Gasteiger charge is -2.12. The van der Waals surface area contributed by atoms with Gasteiger partial charge in [-0.1, -0.05) is 18.2 Å². The lowest BCUT2D eigenvalue weighted by Crippen LogP contribution is -2.36. The second kappa shape index (κ2) is 9.38. The molecule has 0 radical (unpaired) electrons. The largest absolute Gasteiger partial charge is 0.352 e. The van der Waals surface area contributed by atoms with Crippen LogP contribution >= 0.6 is 35.3 Å². The summed E-state index contributed by atoms with van der Waals surface area (Å²) in [6, 6.07) is 9.45. The Bertz CT molecular complexity index is 788. The summed E-state index contributed by atoms with van der Waals surface area (Å²) < 4.78 is 23.3. The number of hydrogen-bond acceptors (Lipinski definition) is 4. The molecule has 132 valence electrons. The molecule has 2 aromatic rings. The highest BCUT2D eigenvalue weighted by Gasteiger charge is 2.10. The smallest absolute Gasteiger partial charge is 0.191 e. The quantitative estimate of drug-likeness (QED) is 0.393. The van der Waals surface area contributed by atoms with Gasteiger partial charge in [0.15, 0.2) is 15.8 Å². The predicted octanol–water partition coefficient (Wildman–Crippen LogP) is 2.94. The predicted molar refractivity (Wildman–Crippen MR) is 111 cm³/mol. The summed E-state index contributed by atoms with van der Waals surface area (Å²) in [5.41, 5.74) is 1.77. The van der Waals surface area contributed by atoms with Crippen molar-refractivity contribution in [3.63, 3.8) is 0 Å². The Kier molecular flexibility index (Phi) is 8.17. The van der Waals surface area contributed by atoms with Crippen molar-refractivity contribution in [2.24, 2.45) is 4.99 Å². The number of hydrogen-bond donors (Lipinski definition) is 2. The van der Waals surface area contributed by atoms with Gasteiger partial charge >= 0.3 is 0 Å². The minimum atomic E-state index is -3.18. The van der Waals surface area contributed by atoms with Gasteiger partial charge in [0.2, 0.25) is 0 Å². The molecule has 0 aliphatic carbocycles. The van der Waals surface area contributed by atoms with Crippen LogP contribution in [0.1, 0.15) is 16.0 Å². The number of benzene rings is 1. The van der Waals surface area contributed by atoms with Crippen molar-refractivity contribution >= 4 is 51.1 Å². The van der Waals surface area contributed by atoms with E-state index >= 15 is 0 Å². The number of thiophene rings is 1. The van der Waals surface area contributed by atoms with E-state index < -0.39 is 9.84 Å².